The molecule has 1 N–H and O–H groups in total. The van der Waals surface area contributed by atoms with E-state index >= 15 is 0 Å². The van der Waals surface area contributed by atoms with Crippen molar-refractivity contribution in [3.63, 3.8) is 0 Å². The minimum atomic E-state index is -0.103. The average molecular weight is 485 g/mol. The topological polar surface area (TPSA) is 43.6 Å². The largest absolute Gasteiger partial charge is 0.488 e. The van der Waals surface area contributed by atoms with E-state index in [9.17, 15) is 0 Å². The van der Waals surface area contributed by atoms with Crippen LogP contribution in [0.5, 0.6) is 11.5 Å². The molecule has 28 heavy (non-hydrogen) atoms. The molecule has 3 aromatic rings. The van der Waals surface area contributed by atoms with Crippen LogP contribution in [0.1, 0.15) is 29.4 Å². The maximum absolute atomic E-state index is 6.55. The summed E-state index contributed by atoms with van der Waals surface area (Å²) in [4.78, 5) is 0. The van der Waals surface area contributed by atoms with Crippen molar-refractivity contribution in [1.29, 1.82) is 0 Å². The van der Waals surface area contributed by atoms with Gasteiger partial charge in [0.2, 0.25) is 0 Å². The first kappa shape index (κ1) is 21.1. The van der Waals surface area contributed by atoms with E-state index in [0.717, 1.165) is 29.9 Å². The molecule has 0 spiro atoms. The first-order valence-electron chi connectivity index (χ1n) is 8.80. The maximum Gasteiger partial charge on any atom is 0.140 e. The third kappa shape index (κ3) is 4.66. The fourth-order valence-electron chi connectivity index (χ4n) is 3.10. The lowest BCUT2D eigenvalue weighted by Crippen LogP contribution is -2.14. The molecule has 4 rings (SSSR count). The number of hydrogen-bond acceptors (Lipinski definition) is 4. The molecular weight excluding hydrogens is 465 g/mol. The molecule has 0 fully saturated rings. The molecule has 0 saturated heterocycles. The van der Waals surface area contributed by atoms with E-state index < -0.39 is 0 Å². The summed E-state index contributed by atoms with van der Waals surface area (Å²) in [5.74, 6) is 2.22. The number of ether oxygens (including phenoxy) is 2. The van der Waals surface area contributed by atoms with Gasteiger partial charge in [-0.05, 0) is 46.2 Å². The van der Waals surface area contributed by atoms with Gasteiger partial charge in [-0.2, -0.15) is 0 Å². The van der Waals surface area contributed by atoms with E-state index in [1.807, 2.05) is 48.5 Å². The van der Waals surface area contributed by atoms with Crippen LogP contribution < -0.4 is 14.8 Å². The molecule has 4 nitrogen and oxygen atoms in total. The normalized spacial score (nSPS) is 15.9. The van der Waals surface area contributed by atoms with Crippen molar-refractivity contribution in [2.24, 2.45) is 0 Å². The minimum absolute atomic E-state index is 0. The van der Waals surface area contributed by atoms with Gasteiger partial charge >= 0.3 is 0 Å². The van der Waals surface area contributed by atoms with E-state index in [4.69, 9.17) is 25.5 Å². The molecule has 1 aliphatic heterocycles. The smallest absolute Gasteiger partial charge is 0.140 e. The van der Waals surface area contributed by atoms with Gasteiger partial charge in [0.15, 0.2) is 0 Å². The van der Waals surface area contributed by atoms with Gasteiger partial charge in [0, 0.05) is 12.0 Å². The van der Waals surface area contributed by atoms with Crippen molar-refractivity contribution in [2.45, 2.75) is 25.7 Å². The zero-order chi connectivity index (χ0) is 18.6. The van der Waals surface area contributed by atoms with E-state index in [0.29, 0.717) is 34.1 Å². The van der Waals surface area contributed by atoms with Crippen LogP contribution in [0, 0.1) is 0 Å². The van der Waals surface area contributed by atoms with Crippen LogP contribution in [0.4, 0.5) is 0 Å². The summed E-state index contributed by atoms with van der Waals surface area (Å²) in [6, 6.07) is 15.7. The van der Waals surface area contributed by atoms with Crippen LogP contribution in [0.15, 0.2) is 63.7 Å². The summed E-state index contributed by atoms with van der Waals surface area (Å²) in [5, 5.41) is 3.84. The molecule has 2 aromatic carbocycles. The van der Waals surface area contributed by atoms with E-state index in [2.05, 4.69) is 21.2 Å². The predicted molar refractivity (Wildman–Crippen MR) is 116 cm³/mol. The highest BCUT2D eigenvalue weighted by molar-refractivity contribution is 9.10. The summed E-state index contributed by atoms with van der Waals surface area (Å²) in [6.45, 7) is 2.04. The first-order chi connectivity index (χ1) is 13.2. The van der Waals surface area contributed by atoms with Gasteiger partial charge in [-0.1, -0.05) is 41.9 Å². The number of benzene rings is 2. The van der Waals surface area contributed by atoms with E-state index in [-0.39, 0.29) is 18.5 Å². The van der Waals surface area contributed by atoms with Crippen LogP contribution >= 0.6 is 39.9 Å². The zero-order valence-corrected chi connectivity index (χ0v) is 18.1. The molecular formula is C21H20BrCl2NO3. The van der Waals surface area contributed by atoms with E-state index in [1.54, 1.807) is 6.26 Å². The second-order valence-corrected chi connectivity index (χ2v) is 7.51. The lowest BCUT2D eigenvalue weighted by atomic mass is 10.1. The van der Waals surface area contributed by atoms with Gasteiger partial charge < -0.3 is 19.2 Å². The highest BCUT2D eigenvalue weighted by atomic mass is 79.9. The Morgan fingerprint density at radius 1 is 1.11 bits per heavy atom. The molecule has 1 aromatic heterocycles. The number of rotatable bonds is 5. The molecule has 0 amide bonds. The predicted octanol–water partition coefficient (Wildman–Crippen LogP) is 6.31. The fourth-order valence-corrected chi connectivity index (χ4v) is 3.74. The zero-order valence-electron chi connectivity index (χ0n) is 15.0. The van der Waals surface area contributed by atoms with Crippen LogP contribution in [0.3, 0.4) is 0 Å². The molecule has 7 heteroatoms. The Balaban J connectivity index is 0.00000225. The number of furan rings is 1. The van der Waals surface area contributed by atoms with Gasteiger partial charge in [0.1, 0.15) is 35.0 Å². The Bertz CT molecular complexity index is 917. The molecule has 0 bridgehead atoms. The number of hydrogen-bond donors (Lipinski definition) is 1. The third-order valence-electron chi connectivity index (χ3n) is 4.51. The van der Waals surface area contributed by atoms with Crippen LogP contribution in [-0.4, -0.2) is 6.54 Å². The van der Waals surface area contributed by atoms with Crippen LogP contribution in [0.2, 0.25) is 5.02 Å². The fraction of sp³-hybridized carbons (Fsp3) is 0.238. The first-order valence-corrected chi connectivity index (χ1v) is 9.98. The second kappa shape index (κ2) is 9.70. The van der Waals surface area contributed by atoms with Crippen molar-refractivity contribution in [1.82, 2.24) is 5.32 Å². The second-order valence-electron chi connectivity index (χ2n) is 6.34. The van der Waals surface area contributed by atoms with Crippen LogP contribution in [-0.2, 0) is 13.2 Å². The summed E-state index contributed by atoms with van der Waals surface area (Å²) in [7, 11) is 0. The monoisotopic (exact) mass is 483 g/mol. The Kier molecular flexibility index (Phi) is 7.30. The Hall–Kier alpha value is -1.66. The van der Waals surface area contributed by atoms with Crippen molar-refractivity contribution in [3.8, 4) is 11.5 Å². The summed E-state index contributed by atoms with van der Waals surface area (Å²) in [6.07, 6.45) is 2.44. The lowest BCUT2D eigenvalue weighted by Gasteiger charge is -2.19. The number of fused-ring (bicyclic) bond motifs is 1. The number of halogens is 3. The van der Waals surface area contributed by atoms with Crippen molar-refractivity contribution >= 4 is 39.9 Å². The molecule has 0 saturated carbocycles. The Morgan fingerprint density at radius 2 is 1.89 bits per heavy atom. The summed E-state index contributed by atoms with van der Waals surface area (Å²) < 4.78 is 18.4. The van der Waals surface area contributed by atoms with Gasteiger partial charge in [-0.15, -0.1) is 12.4 Å². The highest BCUT2D eigenvalue weighted by Crippen LogP contribution is 2.41. The summed E-state index contributed by atoms with van der Waals surface area (Å²) >= 11 is 10.1. The molecule has 1 unspecified atom stereocenters. The Morgan fingerprint density at radius 3 is 2.71 bits per heavy atom. The molecule has 0 radical (unpaired) electrons. The molecule has 0 aliphatic carbocycles. The van der Waals surface area contributed by atoms with Crippen molar-refractivity contribution in [3.05, 3.63) is 81.2 Å². The average Bonchev–Trinajstić information content (AvgIpc) is 3.08. The molecule has 1 aliphatic rings. The Labute approximate surface area is 183 Å². The highest BCUT2D eigenvalue weighted by Gasteiger charge is 2.24. The van der Waals surface area contributed by atoms with Gasteiger partial charge in [0.05, 0.1) is 17.3 Å². The van der Waals surface area contributed by atoms with Crippen molar-refractivity contribution < 1.29 is 13.9 Å². The molecule has 148 valence electrons. The maximum atomic E-state index is 6.55. The standard InChI is InChI=1S/C21H19BrClNO3.ClH/c22-20-17(26-13-14-4-2-1-3-5-14)6-7-18(21(20)23)27-16-8-10-24-12-19-15(16)9-11-25-19;/h1-7,9,11,16,24H,8,10,12-13H2;1H. The third-order valence-corrected chi connectivity index (χ3v) is 5.90. The van der Waals surface area contributed by atoms with Crippen molar-refractivity contribution in [2.75, 3.05) is 6.54 Å². The van der Waals surface area contributed by atoms with Gasteiger partial charge in [-0.3, -0.25) is 0 Å². The summed E-state index contributed by atoms with van der Waals surface area (Å²) in [5.41, 5.74) is 2.16. The van der Waals surface area contributed by atoms with Gasteiger partial charge in [-0.25, -0.2) is 0 Å². The lowest BCUT2D eigenvalue weighted by molar-refractivity contribution is 0.196. The SMILES string of the molecule is Cl.Clc1c(OC2CCNCc3occc32)ccc(OCc2ccccc2)c1Br. The van der Waals surface area contributed by atoms with Gasteiger partial charge in [0.25, 0.3) is 0 Å². The number of nitrogens with one attached hydrogen (secondary N) is 1. The van der Waals surface area contributed by atoms with E-state index in [1.165, 1.54) is 0 Å². The quantitative estimate of drug-likeness (QED) is 0.460. The molecule has 2 heterocycles. The van der Waals surface area contributed by atoms with Crippen LogP contribution in [0.25, 0.3) is 0 Å². The minimum Gasteiger partial charge on any atom is -0.488 e. The molecule has 1 atom stereocenters.